The monoisotopic (exact) mass is 419 g/mol. The minimum atomic E-state index is -0.742. The van der Waals surface area contributed by atoms with E-state index >= 15 is 0 Å². The van der Waals surface area contributed by atoms with E-state index in [0.29, 0.717) is 21.1 Å². The predicted molar refractivity (Wildman–Crippen MR) is 117 cm³/mol. The van der Waals surface area contributed by atoms with Crippen molar-refractivity contribution >= 4 is 38.3 Å². The van der Waals surface area contributed by atoms with E-state index in [-0.39, 0.29) is 11.6 Å². The van der Waals surface area contributed by atoms with Gasteiger partial charge in [-0.3, -0.25) is 20.2 Å². The zero-order valence-electron chi connectivity index (χ0n) is 15.9. The van der Waals surface area contributed by atoms with E-state index in [9.17, 15) is 14.9 Å². The molecule has 0 spiro atoms. The highest BCUT2D eigenvalue weighted by Crippen LogP contribution is 2.29. The van der Waals surface area contributed by atoms with E-state index in [1.54, 1.807) is 13.0 Å². The number of nitrogens with zero attached hydrogens (tertiary/aromatic N) is 2. The lowest BCUT2D eigenvalue weighted by molar-refractivity contribution is -0.384. The first kappa shape index (κ1) is 19.5. The normalized spacial score (nSPS) is 11.8. The molecule has 1 atom stereocenters. The lowest BCUT2D eigenvalue weighted by Crippen LogP contribution is -2.30. The molecule has 1 heterocycles. The molecule has 0 saturated heterocycles. The fraction of sp³-hybridized carbons (Fsp3) is 0.0909. The topological polar surface area (TPSA) is 94.4 Å². The molecule has 0 fully saturated rings. The summed E-state index contributed by atoms with van der Waals surface area (Å²) < 4.78 is 6.37. The zero-order chi connectivity index (χ0) is 21.1. The van der Waals surface area contributed by atoms with Crippen molar-refractivity contribution in [2.24, 2.45) is 0 Å². The minimum Gasteiger partial charge on any atom is -0.481 e. The standard InChI is InChI=1S/C22H17N3O4S/c1-14(29-18-10-7-16(8-11-18)15-5-3-2-4-6-15)21(26)24-22-23-19-12-9-17(25(27)28)13-20(19)30-22/h2-14H,1H3,(H,23,24,26)/t14-/m1/s1. The number of fused-ring (bicyclic) bond motifs is 1. The Morgan fingerprint density at radius 2 is 1.77 bits per heavy atom. The fourth-order valence-electron chi connectivity index (χ4n) is 2.90. The molecule has 0 saturated carbocycles. The van der Waals surface area contributed by atoms with E-state index in [2.05, 4.69) is 10.3 Å². The molecule has 150 valence electrons. The van der Waals surface area contributed by atoms with Gasteiger partial charge < -0.3 is 4.74 Å². The summed E-state index contributed by atoms with van der Waals surface area (Å²) in [5, 5.41) is 14.0. The molecular formula is C22H17N3O4S. The van der Waals surface area contributed by atoms with Crippen LogP contribution in [-0.2, 0) is 4.79 Å². The Morgan fingerprint density at radius 1 is 1.07 bits per heavy atom. The molecule has 0 unspecified atom stereocenters. The number of ether oxygens (including phenoxy) is 1. The molecular weight excluding hydrogens is 402 g/mol. The molecule has 7 nitrogen and oxygen atoms in total. The number of hydrogen-bond donors (Lipinski definition) is 1. The summed E-state index contributed by atoms with van der Waals surface area (Å²) in [5.41, 5.74) is 2.74. The van der Waals surface area contributed by atoms with Gasteiger partial charge in [0.05, 0.1) is 15.1 Å². The third kappa shape index (κ3) is 4.28. The van der Waals surface area contributed by atoms with Crippen molar-refractivity contribution < 1.29 is 14.5 Å². The quantitative estimate of drug-likeness (QED) is 0.339. The Morgan fingerprint density at radius 3 is 2.47 bits per heavy atom. The van der Waals surface area contributed by atoms with Crippen molar-refractivity contribution in [2.75, 3.05) is 5.32 Å². The molecule has 8 heteroatoms. The highest BCUT2D eigenvalue weighted by atomic mass is 32.1. The van der Waals surface area contributed by atoms with Crippen molar-refractivity contribution in [3.63, 3.8) is 0 Å². The number of carbonyl (C=O) groups is 1. The van der Waals surface area contributed by atoms with Gasteiger partial charge in [0.1, 0.15) is 5.75 Å². The summed E-state index contributed by atoms with van der Waals surface area (Å²) in [7, 11) is 0. The lowest BCUT2D eigenvalue weighted by Gasteiger charge is -2.14. The number of hydrogen-bond acceptors (Lipinski definition) is 6. The van der Waals surface area contributed by atoms with Crippen molar-refractivity contribution in [1.29, 1.82) is 0 Å². The van der Waals surface area contributed by atoms with Crippen LogP contribution in [0.3, 0.4) is 0 Å². The maximum absolute atomic E-state index is 12.5. The van der Waals surface area contributed by atoms with Crippen molar-refractivity contribution in [3.05, 3.63) is 82.9 Å². The van der Waals surface area contributed by atoms with Crippen LogP contribution in [0.15, 0.2) is 72.8 Å². The molecule has 0 bridgehead atoms. The van der Waals surface area contributed by atoms with Crippen LogP contribution in [0.4, 0.5) is 10.8 Å². The molecule has 4 rings (SSSR count). The van der Waals surface area contributed by atoms with Gasteiger partial charge in [-0.2, -0.15) is 0 Å². The van der Waals surface area contributed by atoms with Crippen molar-refractivity contribution in [1.82, 2.24) is 4.98 Å². The second-order valence-electron chi connectivity index (χ2n) is 6.57. The average molecular weight is 419 g/mol. The highest BCUT2D eigenvalue weighted by Gasteiger charge is 2.18. The molecule has 3 aromatic carbocycles. The third-order valence-electron chi connectivity index (χ3n) is 4.46. The average Bonchev–Trinajstić information content (AvgIpc) is 3.16. The SMILES string of the molecule is C[C@@H](Oc1ccc(-c2ccccc2)cc1)C(=O)Nc1nc2ccc([N+](=O)[O-])cc2s1. The Hall–Kier alpha value is -3.78. The molecule has 0 aliphatic carbocycles. The zero-order valence-corrected chi connectivity index (χ0v) is 16.8. The molecule has 0 aliphatic rings. The predicted octanol–water partition coefficient (Wildman–Crippen LogP) is 5.28. The van der Waals surface area contributed by atoms with Gasteiger partial charge in [-0.05, 0) is 36.2 Å². The maximum atomic E-state index is 12.5. The highest BCUT2D eigenvalue weighted by molar-refractivity contribution is 7.22. The largest absolute Gasteiger partial charge is 0.481 e. The number of anilines is 1. The number of aromatic nitrogens is 1. The number of amides is 1. The Kier molecular flexibility index (Phi) is 5.40. The van der Waals surface area contributed by atoms with Gasteiger partial charge in [0.25, 0.3) is 11.6 Å². The lowest BCUT2D eigenvalue weighted by atomic mass is 10.1. The third-order valence-corrected chi connectivity index (χ3v) is 5.39. The van der Waals surface area contributed by atoms with Gasteiger partial charge in [-0.1, -0.05) is 53.8 Å². The molecule has 30 heavy (non-hydrogen) atoms. The molecule has 1 aromatic heterocycles. The number of non-ortho nitro benzene ring substituents is 1. The summed E-state index contributed by atoms with van der Waals surface area (Å²) in [5.74, 6) is 0.230. The maximum Gasteiger partial charge on any atom is 0.270 e. The Balaban J connectivity index is 1.41. The van der Waals surface area contributed by atoms with Crippen molar-refractivity contribution in [3.8, 4) is 16.9 Å². The van der Waals surface area contributed by atoms with Crippen LogP contribution in [0.1, 0.15) is 6.92 Å². The summed E-state index contributed by atoms with van der Waals surface area (Å²) in [4.78, 5) is 27.2. The Labute approximate surface area is 176 Å². The van der Waals surface area contributed by atoms with E-state index < -0.39 is 11.0 Å². The first-order valence-corrected chi connectivity index (χ1v) is 9.99. The second kappa shape index (κ2) is 8.30. The van der Waals surface area contributed by atoms with E-state index in [1.165, 1.54) is 23.5 Å². The van der Waals surface area contributed by atoms with Gasteiger partial charge in [-0.15, -0.1) is 0 Å². The van der Waals surface area contributed by atoms with Crippen LogP contribution in [-0.4, -0.2) is 21.9 Å². The summed E-state index contributed by atoms with van der Waals surface area (Å²) in [6.07, 6.45) is -0.742. The molecule has 1 amide bonds. The number of carbonyl (C=O) groups excluding carboxylic acids is 1. The fourth-order valence-corrected chi connectivity index (χ4v) is 3.80. The van der Waals surface area contributed by atoms with Crippen LogP contribution < -0.4 is 10.1 Å². The second-order valence-corrected chi connectivity index (χ2v) is 7.60. The minimum absolute atomic E-state index is 0.0142. The molecule has 4 aromatic rings. The number of thiazole rings is 1. The van der Waals surface area contributed by atoms with E-state index in [1.807, 2.05) is 54.6 Å². The molecule has 0 radical (unpaired) electrons. The van der Waals surface area contributed by atoms with Crippen molar-refractivity contribution in [2.45, 2.75) is 13.0 Å². The van der Waals surface area contributed by atoms with Gasteiger partial charge >= 0.3 is 0 Å². The first-order valence-electron chi connectivity index (χ1n) is 9.17. The number of nitro groups is 1. The number of benzene rings is 3. The van der Waals surface area contributed by atoms with E-state index in [0.717, 1.165) is 11.1 Å². The number of nitrogens with one attached hydrogen (secondary N) is 1. The number of rotatable bonds is 6. The smallest absolute Gasteiger partial charge is 0.270 e. The van der Waals surface area contributed by atoms with Crippen LogP contribution in [0, 0.1) is 10.1 Å². The molecule has 0 aliphatic heterocycles. The van der Waals surface area contributed by atoms with Crippen LogP contribution in [0.2, 0.25) is 0 Å². The summed E-state index contributed by atoms with van der Waals surface area (Å²) >= 11 is 1.18. The van der Waals surface area contributed by atoms with Gasteiger partial charge in [0, 0.05) is 12.1 Å². The van der Waals surface area contributed by atoms with E-state index in [4.69, 9.17) is 4.74 Å². The van der Waals surface area contributed by atoms with Gasteiger partial charge in [-0.25, -0.2) is 4.98 Å². The number of nitro benzene ring substituents is 1. The summed E-state index contributed by atoms with van der Waals surface area (Å²) in [6, 6.07) is 21.9. The van der Waals surface area contributed by atoms with Gasteiger partial charge in [0.2, 0.25) is 0 Å². The Bertz CT molecular complexity index is 1210. The molecule has 1 N–H and O–H groups in total. The van der Waals surface area contributed by atoms with Crippen LogP contribution >= 0.6 is 11.3 Å². The van der Waals surface area contributed by atoms with Crippen LogP contribution in [0.5, 0.6) is 5.75 Å². The summed E-state index contributed by atoms with van der Waals surface area (Å²) in [6.45, 7) is 1.65. The van der Waals surface area contributed by atoms with Crippen LogP contribution in [0.25, 0.3) is 21.3 Å². The first-order chi connectivity index (χ1) is 14.5. The van der Waals surface area contributed by atoms with Gasteiger partial charge in [0.15, 0.2) is 11.2 Å².